The molecule has 0 fully saturated rings. The maximum absolute atomic E-state index is 12.6. The minimum Gasteiger partial charge on any atom is -0.378 e. The smallest absolute Gasteiger partial charge is 0.251 e. The number of carbonyl (C=O) groups is 1. The SMILES string of the molecule is CC[C@H](NC(=O)c1cccc(N(C)C)c1)c1c(C)nn(C)c1C. The number of hydrogen-bond donors (Lipinski definition) is 1. The predicted molar refractivity (Wildman–Crippen MR) is 93.9 cm³/mol. The summed E-state index contributed by atoms with van der Waals surface area (Å²) in [6, 6.07) is 7.62. The van der Waals surface area contributed by atoms with Crippen molar-refractivity contribution in [2.45, 2.75) is 33.2 Å². The van der Waals surface area contributed by atoms with Crippen molar-refractivity contribution in [2.75, 3.05) is 19.0 Å². The van der Waals surface area contributed by atoms with Gasteiger partial charge in [0.05, 0.1) is 11.7 Å². The van der Waals surface area contributed by atoms with Crippen LogP contribution in [-0.2, 0) is 7.05 Å². The number of hydrogen-bond acceptors (Lipinski definition) is 3. The first-order valence-corrected chi connectivity index (χ1v) is 7.93. The van der Waals surface area contributed by atoms with E-state index in [1.165, 1.54) is 0 Å². The van der Waals surface area contributed by atoms with E-state index in [0.29, 0.717) is 5.56 Å². The highest BCUT2D eigenvalue weighted by Gasteiger charge is 2.21. The summed E-state index contributed by atoms with van der Waals surface area (Å²) in [5.41, 5.74) is 4.87. The fraction of sp³-hybridized carbons (Fsp3) is 0.444. The fourth-order valence-corrected chi connectivity index (χ4v) is 2.84. The summed E-state index contributed by atoms with van der Waals surface area (Å²) < 4.78 is 1.87. The number of anilines is 1. The van der Waals surface area contributed by atoms with Gasteiger partial charge in [-0.15, -0.1) is 0 Å². The van der Waals surface area contributed by atoms with Gasteiger partial charge in [-0.3, -0.25) is 9.48 Å². The Kier molecular flexibility index (Phi) is 5.08. The zero-order chi connectivity index (χ0) is 17.1. The molecule has 0 saturated heterocycles. The van der Waals surface area contributed by atoms with E-state index in [-0.39, 0.29) is 11.9 Å². The largest absolute Gasteiger partial charge is 0.378 e. The van der Waals surface area contributed by atoms with Crippen molar-refractivity contribution in [2.24, 2.45) is 7.05 Å². The second kappa shape index (κ2) is 6.86. The van der Waals surface area contributed by atoms with Crippen LogP contribution in [0.4, 0.5) is 5.69 Å². The molecule has 124 valence electrons. The Morgan fingerprint density at radius 1 is 1.35 bits per heavy atom. The van der Waals surface area contributed by atoms with Crippen LogP contribution in [0.2, 0.25) is 0 Å². The van der Waals surface area contributed by atoms with Crippen LogP contribution in [0.3, 0.4) is 0 Å². The Labute approximate surface area is 138 Å². The highest BCUT2D eigenvalue weighted by Crippen LogP contribution is 2.24. The van der Waals surface area contributed by atoms with Gasteiger partial charge in [0.15, 0.2) is 0 Å². The summed E-state index contributed by atoms with van der Waals surface area (Å²) in [5.74, 6) is -0.0526. The molecule has 1 N–H and O–H groups in total. The molecule has 1 aromatic carbocycles. The Balaban J connectivity index is 2.25. The lowest BCUT2D eigenvalue weighted by molar-refractivity contribution is 0.0935. The summed E-state index contributed by atoms with van der Waals surface area (Å²) in [5, 5.41) is 7.61. The number of nitrogens with zero attached hydrogens (tertiary/aromatic N) is 3. The van der Waals surface area contributed by atoms with E-state index in [0.717, 1.165) is 29.1 Å². The topological polar surface area (TPSA) is 50.2 Å². The Bertz CT molecular complexity index is 703. The minimum atomic E-state index is -0.0526. The lowest BCUT2D eigenvalue weighted by atomic mass is 10.0. The molecule has 23 heavy (non-hydrogen) atoms. The summed E-state index contributed by atoms with van der Waals surface area (Å²) in [6.07, 6.45) is 0.826. The van der Waals surface area contributed by atoms with Crippen LogP contribution >= 0.6 is 0 Å². The summed E-state index contributed by atoms with van der Waals surface area (Å²) in [6.45, 7) is 6.10. The third kappa shape index (κ3) is 3.55. The number of nitrogens with one attached hydrogen (secondary N) is 1. The van der Waals surface area contributed by atoms with Crippen LogP contribution in [0.1, 0.15) is 46.7 Å². The van der Waals surface area contributed by atoms with E-state index in [4.69, 9.17) is 0 Å². The van der Waals surface area contributed by atoms with E-state index in [1.807, 2.05) is 68.8 Å². The number of benzene rings is 1. The maximum atomic E-state index is 12.6. The van der Waals surface area contributed by atoms with Crippen molar-refractivity contribution in [3.63, 3.8) is 0 Å². The molecule has 0 aliphatic heterocycles. The van der Waals surface area contributed by atoms with Crippen LogP contribution in [-0.4, -0.2) is 29.8 Å². The van der Waals surface area contributed by atoms with Gasteiger partial charge in [0, 0.05) is 43.7 Å². The highest BCUT2D eigenvalue weighted by molar-refractivity contribution is 5.95. The van der Waals surface area contributed by atoms with E-state index >= 15 is 0 Å². The minimum absolute atomic E-state index is 0.0285. The lowest BCUT2D eigenvalue weighted by Crippen LogP contribution is -2.29. The molecule has 2 rings (SSSR count). The molecule has 0 bridgehead atoms. The second-order valence-corrected chi connectivity index (χ2v) is 6.09. The standard InChI is InChI=1S/C18H26N4O/c1-7-16(17-12(2)20-22(6)13(17)3)19-18(23)14-9-8-10-15(11-14)21(4)5/h8-11,16H,7H2,1-6H3,(H,19,23)/t16-/m0/s1. The first kappa shape index (κ1) is 17.1. The normalized spacial score (nSPS) is 12.1. The average molecular weight is 314 g/mol. The molecule has 0 aliphatic carbocycles. The Hall–Kier alpha value is -2.30. The zero-order valence-corrected chi connectivity index (χ0v) is 14.8. The first-order chi connectivity index (χ1) is 10.8. The second-order valence-electron chi connectivity index (χ2n) is 6.09. The van der Waals surface area contributed by atoms with Gasteiger partial charge in [0.2, 0.25) is 0 Å². The number of rotatable bonds is 5. The van der Waals surface area contributed by atoms with Gasteiger partial charge in [-0.2, -0.15) is 5.10 Å². The van der Waals surface area contributed by atoms with Crippen LogP contribution in [0.15, 0.2) is 24.3 Å². The number of aromatic nitrogens is 2. The molecule has 1 heterocycles. The van der Waals surface area contributed by atoms with E-state index in [1.54, 1.807) is 0 Å². The van der Waals surface area contributed by atoms with Crippen LogP contribution in [0.25, 0.3) is 0 Å². The van der Waals surface area contributed by atoms with E-state index in [9.17, 15) is 4.79 Å². The van der Waals surface area contributed by atoms with Crippen LogP contribution in [0, 0.1) is 13.8 Å². The molecule has 5 nitrogen and oxygen atoms in total. The number of amides is 1. The van der Waals surface area contributed by atoms with Crippen molar-refractivity contribution in [3.8, 4) is 0 Å². The monoisotopic (exact) mass is 314 g/mol. The quantitative estimate of drug-likeness (QED) is 0.923. The van der Waals surface area contributed by atoms with Crippen molar-refractivity contribution in [1.29, 1.82) is 0 Å². The first-order valence-electron chi connectivity index (χ1n) is 7.93. The summed E-state index contributed by atoms with van der Waals surface area (Å²) >= 11 is 0. The van der Waals surface area contributed by atoms with E-state index < -0.39 is 0 Å². The van der Waals surface area contributed by atoms with Gasteiger partial charge in [0.1, 0.15) is 0 Å². The zero-order valence-electron chi connectivity index (χ0n) is 14.8. The molecule has 0 aliphatic rings. The maximum Gasteiger partial charge on any atom is 0.251 e. The molecule has 2 aromatic rings. The van der Waals surface area contributed by atoms with Gasteiger partial charge in [-0.1, -0.05) is 13.0 Å². The van der Waals surface area contributed by atoms with Crippen molar-refractivity contribution < 1.29 is 4.79 Å². The fourth-order valence-electron chi connectivity index (χ4n) is 2.84. The predicted octanol–water partition coefficient (Wildman–Crippen LogP) is 2.98. The number of carbonyl (C=O) groups excluding carboxylic acids is 1. The highest BCUT2D eigenvalue weighted by atomic mass is 16.1. The molecule has 1 aromatic heterocycles. The number of aryl methyl sites for hydroxylation is 2. The summed E-state index contributed by atoms with van der Waals surface area (Å²) in [7, 11) is 5.86. The molecule has 0 spiro atoms. The average Bonchev–Trinajstić information content (AvgIpc) is 2.78. The Morgan fingerprint density at radius 3 is 2.57 bits per heavy atom. The van der Waals surface area contributed by atoms with Gasteiger partial charge < -0.3 is 10.2 Å². The van der Waals surface area contributed by atoms with Crippen molar-refractivity contribution in [1.82, 2.24) is 15.1 Å². The molecular formula is C18H26N4O. The van der Waals surface area contributed by atoms with Gasteiger partial charge in [-0.05, 0) is 38.5 Å². The Morgan fingerprint density at radius 2 is 2.04 bits per heavy atom. The van der Waals surface area contributed by atoms with Crippen LogP contribution in [0.5, 0.6) is 0 Å². The lowest BCUT2D eigenvalue weighted by Gasteiger charge is -2.19. The molecule has 5 heteroatoms. The van der Waals surface area contributed by atoms with Gasteiger partial charge in [-0.25, -0.2) is 0 Å². The van der Waals surface area contributed by atoms with Gasteiger partial charge >= 0.3 is 0 Å². The molecule has 1 amide bonds. The van der Waals surface area contributed by atoms with Crippen molar-refractivity contribution >= 4 is 11.6 Å². The molecule has 0 radical (unpaired) electrons. The third-order valence-corrected chi connectivity index (χ3v) is 4.25. The molecule has 0 saturated carbocycles. The van der Waals surface area contributed by atoms with Gasteiger partial charge in [0.25, 0.3) is 5.91 Å². The third-order valence-electron chi connectivity index (χ3n) is 4.25. The molecular weight excluding hydrogens is 288 g/mol. The summed E-state index contributed by atoms with van der Waals surface area (Å²) in [4.78, 5) is 14.6. The van der Waals surface area contributed by atoms with Crippen LogP contribution < -0.4 is 10.2 Å². The molecule has 1 atom stereocenters. The van der Waals surface area contributed by atoms with E-state index in [2.05, 4.69) is 17.3 Å². The van der Waals surface area contributed by atoms with Crippen molar-refractivity contribution in [3.05, 3.63) is 46.8 Å². The molecule has 0 unspecified atom stereocenters.